The van der Waals surface area contributed by atoms with Gasteiger partial charge in [-0.2, -0.15) is 0 Å². The van der Waals surface area contributed by atoms with Crippen molar-refractivity contribution in [3.63, 3.8) is 0 Å². The second-order valence-electron chi connectivity index (χ2n) is 4.93. The Labute approximate surface area is 111 Å². The van der Waals surface area contributed by atoms with Gasteiger partial charge in [-0.05, 0) is 36.5 Å². The van der Waals surface area contributed by atoms with Gasteiger partial charge in [0.05, 0.1) is 17.4 Å². The summed E-state index contributed by atoms with van der Waals surface area (Å²) >= 11 is 0. The Morgan fingerprint density at radius 3 is 2.68 bits per heavy atom. The zero-order valence-electron chi connectivity index (χ0n) is 10.3. The molecule has 2 rings (SSSR count). The number of phenols is 1. The molecule has 0 amide bonds. The van der Waals surface area contributed by atoms with Gasteiger partial charge < -0.3 is 10.2 Å². The first kappa shape index (κ1) is 13.9. The highest BCUT2D eigenvalue weighted by atomic mass is 32.2. The third kappa shape index (κ3) is 3.26. The highest BCUT2D eigenvalue weighted by molar-refractivity contribution is 7.91. The number of rotatable bonds is 3. The van der Waals surface area contributed by atoms with Crippen LogP contribution < -0.4 is 0 Å². The van der Waals surface area contributed by atoms with Crippen LogP contribution in [0.4, 0.5) is 0 Å². The van der Waals surface area contributed by atoms with Crippen LogP contribution in [0.2, 0.25) is 0 Å². The molecule has 2 N–H and O–H groups in total. The molecule has 0 radical (unpaired) electrons. The van der Waals surface area contributed by atoms with Gasteiger partial charge in [-0.1, -0.05) is 12.1 Å². The molecule has 0 spiro atoms. The van der Waals surface area contributed by atoms with Crippen LogP contribution in [0, 0.1) is 5.92 Å². The molecule has 5 nitrogen and oxygen atoms in total. The van der Waals surface area contributed by atoms with Crippen LogP contribution in [0.1, 0.15) is 24.3 Å². The van der Waals surface area contributed by atoms with E-state index in [0.29, 0.717) is 18.4 Å². The summed E-state index contributed by atoms with van der Waals surface area (Å²) < 4.78 is 23.3. The van der Waals surface area contributed by atoms with E-state index in [-0.39, 0.29) is 17.3 Å². The van der Waals surface area contributed by atoms with E-state index in [1.165, 1.54) is 12.1 Å². The second-order valence-corrected chi connectivity index (χ2v) is 7.16. The lowest BCUT2D eigenvalue weighted by molar-refractivity contribution is -0.140. The normalized spacial score (nSPS) is 23.7. The standard InChI is InChI=1S/C13H16O5S/c14-11-5-1-3-9(7-11)12(13(15)16)10-4-2-6-19(17,18)8-10/h1,3,5,7,10,12,14H,2,4,6,8H2,(H,15,16). The van der Waals surface area contributed by atoms with Gasteiger partial charge in [-0.25, -0.2) is 8.42 Å². The minimum Gasteiger partial charge on any atom is -0.508 e. The highest BCUT2D eigenvalue weighted by Gasteiger charge is 2.35. The third-order valence-electron chi connectivity index (χ3n) is 3.47. The highest BCUT2D eigenvalue weighted by Crippen LogP contribution is 2.34. The molecular formula is C13H16O5S. The van der Waals surface area contributed by atoms with E-state index in [1.54, 1.807) is 12.1 Å². The quantitative estimate of drug-likeness (QED) is 0.875. The Morgan fingerprint density at radius 1 is 1.37 bits per heavy atom. The van der Waals surface area contributed by atoms with Crippen LogP contribution in [0.25, 0.3) is 0 Å². The summed E-state index contributed by atoms with van der Waals surface area (Å²) in [5, 5.41) is 18.8. The van der Waals surface area contributed by atoms with E-state index < -0.39 is 27.6 Å². The molecule has 0 aromatic heterocycles. The fourth-order valence-corrected chi connectivity index (χ4v) is 4.44. The van der Waals surface area contributed by atoms with Crippen molar-refractivity contribution in [2.75, 3.05) is 11.5 Å². The van der Waals surface area contributed by atoms with Crippen LogP contribution in [0.15, 0.2) is 24.3 Å². The van der Waals surface area contributed by atoms with Crippen LogP contribution in [0.3, 0.4) is 0 Å². The Bertz CT molecular complexity index is 578. The average Bonchev–Trinajstić information content (AvgIpc) is 2.27. The molecule has 0 saturated carbocycles. The molecule has 1 aliphatic rings. The van der Waals surface area contributed by atoms with Gasteiger partial charge in [0.1, 0.15) is 5.75 Å². The zero-order valence-corrected chi connectivity index (χ0v) is 11.1. The summed E-state index contributed by atoms with van der Waals surface area (Å²) in [5.41, 5.74) is 0.453. The number of hydrogen-bond acceptors (Lipinski definition) is 4. The Morgan fingerprint density at radius 2 is 2.11 bits per heavy atom. The van der Waals surface area contributed by atoms with Crippen LogP contribution >= 0.6 is 0 Å². The van der Waals surface area contributed by atoms with E-state index in [0.717, 1.165) is 0 Å². The maximum absolute atomic E-state index is 11.6. The molecule has 1 aliphatic heterocycles. The van der Waals surface area contributed by atoms with Gasteiger partial charge in [0.2, 0.25) is 0 Å². The maximum atomic E-state index is 11.6. The summed E-state index contributed by atoms with van der Waals surface area (Å²) in [6.07, 6.45) is 1.07. The van der Waals surface area contributed by atoms with Crippen molar-refractivity contribution in [3.8, 4) is 5.75 Å². The third-order valence-corrected chi connectivity index (χ3v) is 5.31. The second kappa shape index (κ2) is 5.21. The number of hydrogen-bond donors (Lipinski definition) is 2. The van der Waals surface area contributed by atoms with Crippen molar-refractivity contribution in [1.29, 1.82) is 0 Å². The number of sulfone groups is 1. The van der Waals surface area contributed by atoms with Crippen molar-refractivity contribution in [1.82, 2.24) is 0 Å². The molecule has 1 saturated heterocycles. The molecule has 1 heterocycles. The molecule has 2 atom stereocenters. The summed E-state index contributed by atoms with van der Waals surface area (Å²) in [7, 11) is -3.15. The average molecular weight is 284 g/mol. The first-order valence-corrected chi connectivity index (χ1v) is 7.93. The summed E-state index contributed by atoms with van der Waals surface area (Å²) in [6.45, 7) is 0. The Balaban J connectivity index is 2.33. The summed E-state index contributed by atoms with van der Waals surface area (Å²) in [6, 6.07) is 6.03. The van der Waals surface area contributed by atoms with Crippen molar-refractivity contribution in [3.05, 3.63) is 29.8 Å². The predicted molar refractivity (Wildman–Crippen MR) is 69.9 cm³/mol. The first-order valence-electron chi connectivity index (χ1n) is 6.11. The molecule has 19 heavy (non-hydrogen) atoms. The van der Waals surface area contributed by atoms with Gasteiger partial charge in [-0.3, -0.25) is 4.79 Å². The molecule has 104 valence electrons. The molecule has 1 aromatic carbocycles. The van der Waals surface area contributed by atoms with Crippen LogP contribution in [-0.2, 0) is 14.6 Å². The number of aromatic hydroxyl groups is 1. The largest absolute Gasteiger partial charge is 0.508 e. The predicted octanol–water partition coefficient (Wildman–Crippen LogP) is 1.39. The zero-order chi connectivity index (χ0) is 14.0. The molecular weight excluding hydrogens is 268 g/mol. The minimum absolute atomic E-state index is 0.0117. The fourth-order valence-electron chi connectivity index (χ4n) is 2.66. The Kier molecular flexibility index (Phi) is 3.80. The van der Waals surface area contributed by atoms with Crippen LogP contribution in [0.5, 0.6) is 5.75 Å². The number of carboxylic acids is 1. The van der Waals surface area contributed by atoms with Crippen LogP contribution in [-0.4, -0.2) is 36.1 Å². The number of carboxylic acid groups (broad SMARTS) is 1. The molecule has 1 aromatic rings. The van der Waals surface area contributed by atoms with Gasteiger partial charge in [0.25, 0.3) is 0 Å². The smallest absolute Gasteiger partial charge is 0.311 e. The van der Waals surface area contributed by atoms with Gasteiger partial charge >= 0.3 is 5.97 Å². The van der Waals surface area contributed by atoms with Gasteiger partial charge in [-0.15, -0.1) is 0 Å². The Hall–Kier alpha value is -1.56. The number of benzene rings is 1. The summed E-state index contributed by atoms with van der Waals surface area (Å²) in [4.78, 5) is 11.4. The number of phenolic OH excluding ortho intramolecular Hbond substituents is 1. The van der Waals surface area contributed by atoms with Gasteiger partial charge in [0, 0.05) is 0 Å². The monoisotopic (exact) mass is 284 g/mol. The number of aliphatic carboxylic acids is 1. The van der Waals surface area contributed by atoms with Crippen molar-refractivity contribution < 1.29 is 23.4 Å². The topological polar surface area (TPSA) is 91.7 Å². The molecule has 0 aliphatic carbocycles. The molecule has 2 unspecified atom stereocenters. The lowest BCUT2D eigenvalue weighted by Crippen LogP contribution is -2.32. The minimum atomic E-state index is -3.15. The van der Waals surface area contributed by atoms with E-state index in [2.05, 4.69) is 0 Å². The molecule has 6 heteroatoms. The van der Waals surface area contributed by atoms with E-state index in [1.807, 2.05) is 0 Å². The van der Waals surface area contributed by atoms with Gasteiger partial charge in [0.15, 0.2) is 9.84 Å². The fraction of sp³-hybridized carbons (Fsp3) is 0.462. The van der Waals surface area contributed by atoms with E-state index in [4.69, 9.17) is 0 Å². The molecule has 1 fully saturated rings. The maximum Gasteiger partial charge on any atom is 0.311 e. The SMILES string of the molecule is O=C(O)C(c1cccc(O)c1)C1CCCS(=O)(=O)C1. The van der Waals surface area contributed by atoms with E-state index in [9.17, 15) is 23.4 Å². The first-order chi connectivity index (χ1) is 8.89. The lowest BCUT2D eigenvalue weighted by atomic mass is 9.84. The van der Waals surface area contributed by atoms with Crippen molar-refractivity contribution >= 4 is 15.8 Å². The molecule has 0 bridgehead atoms. The lowest BCUT2D eigenvalue weighted by Gasteiger charge is -2.27. The van der Waals surface area contributed by atoms with Crippen molar-refractivity contribution in [2.45, 2.75) is 18.8 Å². The van der Waals surface area contributed by atoms with E-state index >= 15 is 0 Å². The number of carbonyl (C=O) groups is 1. The summed E-state index contributed by atoms with van der Waals surface area (Å²) in [5.74, 6) is -2.34. The van der Waals surface area contributed by atoms with Crippen molar-refractivity contribution in [2.24, 2.45) is 5.92 Å².